The zero-order valence-electron chi connectivity index (χ0n) is 16.6. The van der Waals surface area contributed by atoms with Crippen molar-refractivity contribution in [3.63, 3.8) is 0 Å². The molecule has 0 bridgehead atoms. The Kier molecular flexibility index (Phi) is 4.55. The molecule has 3 aliphatic heterocycles. The summed E-state index contributed by atoms with van der Waals surface area (Å²) in [6.07, 6.45) is -2.40. The lowest BCUT2D eigenvalue weighted by atomic mass is 9.62. The topological polar surface area (TPSA) is 57.1 Å². The van der Waals surface area contributed by atoms with Crippen LogP contribution < -0.4 is 10.2 Å². The number of halogens is 3. The molecule has 5 nitrogen and oxygen atoms in total. The van der Waals surface area contributed by atoms with Crippen LogP contribution in [0, 0.1) is 0 Å². The van der Waals surface area contributed by atoms with Gasteiger partial charge in [-0.25, -0.2) is 0 Å². The fourth-order valence-electron chi connectivity index (χ4n) is 4.87. The highest BCUT2D eigenvalue weighted by Gasteiger charge is 2.53. The van der Waals surface area contributed by atoms with E-state index in [-0.39, 0.29) is 5.91 Å². The van der Waals surface area contributed by atoms with Crippen LogP contribution >= 0.6 is 11.3 Å². The van der Waals surface area contributed by atoms with Gasteiger partial charge in [0.05, 0.1) is 28.4 Å². The van der Waals surface area contributed by atoms with Gasteiger partial charge in [-0.05, 0) is 29.5 Å². The standard InChI is InChI=1S/C22H19F3N4OS/c1-2-21(13-4-3-5-14(10-13)22(23,24)25)16-11-26-28-19(16)27-17-6-8-29(20(30)18(17)21)15-7-9-31-12-15/h3-5,7,9-12,19,27H,2,6,8H2,1H3/t19?,21-/m1/s1. The molecule has 31 heavy (non-hydrogen) atoms. The number of azo groups is 1. The van der Waals surface area contributed by atoms with Crippen LogP contribution in [-0.4, -0.2) is 18.6 Å². The summed E-state index contributed by atoms with van der Waals surface area (Å²) >= 11 is 1.49. The van der Waals surface area contributed by atoms with Crippen molar-refractivity contribution in [2.75, 3.05) is 11.4 Å². The lowest BCUT2D eigenvalue weighted by molar-refractivity contribution is -0.137. The average Bonchev–Trinajstić information content (AvgIpc) is 3.44. The molecule has 3 aliphatic rings. The Morgan fingerprint density at radius 3 is 2.87 bits per heavy atom. The van der Waals surface area contributed by atoms with Crippen molar-refractivity contribution in [1.29, 1.82) is 0 Å². The van der Waals surface area contributed by atoms with E-state index in [0.717, 1.165) is 23.5 Å². The predicted octanol–water partition coefficient (Wildman–Crippen LogP) is 5.38. The van der Waals surface area contributed by atoms with Crippen LogP contribution in [0.4, 0.5) is 18.9 Å². The molecule has 1 N–H and O–H groups in total. The number of rotatable bonds is 3. The van der Waals surface area contributed by atoms with Gasteiger partial charge >= 0.3 is 6.18 Å². The second-order valence-electron chi connectivity index (χ2n) is 7.74. The number of nitrogens with one attached hydrogen (secondary N) is 1. The maximum absolute atomic E-state index is 13.8. The van der Waals surface area contributed by atoms with Gasteiger partial charge < -0.3 is 10.2 Å². The smallest absolute Gasteiger partial charge is 0.362 e. The van der Waals surface area contributed by atoms with Gasteiger partial charge in [0.1, 0.15) is 0 Å². The lowest BCUT2D eigenvalue weighted by Gasteiger charge is -2.47. The molecular weight excluding hydrogens is 425 g/mol. The minimum Gasteiger partial charge on any atom is -0.362 e. The molecule has 1 aromatic carbocycles. The Morgan fingerprint density at radius 1 is 1.32 bits per heavy atom. The maximum Gasteiger partial charge on any atom is 0.416 e. The monoisotopic (exact) mass is 444 g/mol. The van der Waals surface area contributed by atoms with Crippen molar-refractivity contribution in [2.24, 2.45) is 10.2 Å². The number of thiophene rings is 1. The quantitative estimate of drug-likeness (QED) is 0.691. The zero-order valence-corrected chi connectivity index (χ0v) is 17.4. The number of hydrogen-bond donors (Lipinski definition) is 1. The molecule has 0 saturated heterocycles. The molecule has 4 heterocycles. The summed E-state index contributed by atoms with van der Waals surface area (Å²) < 4.78 is 40.6. The SMILES string of the molecule is CC[C@@]1(c2cccc(C(F)(F)F)c2)C2=CN=NC2NC2=C1C(=O)N(c1ccsc1)CC2. The number of carbonyl (C=O) groups excluding carboxylic acids is 1. The molecule has 0 aliphatic carbocycles. The van der Waals surface area contributed by atoms with Gasteiger partial charge in [0, 0.05) is 29.6 Å². The first-order valence-electron chi connectivity index (χ1n) is 9.98. The van der Waals surface area contributed by atoms with Crippen LogP contribution in [0.2, 0.25) is 0 Å². The Balaban J connectivity index is 1.73. The molecule has 0 radical (unpaired) electrons. The first-order chi connectivity index (χ1) is 14.9. The minimum absolute atomic E-state index is 0.197. The van der Waals surface area contributed by atoms with Gasteiger partial charge in [-0.2, -0.15) is 34.7 Å². The number of benzene rings is 1. The van der Waals surface area contributed by atoms with E-state index in [4.69, 9.17) is 0 Å². The molecule has 0 fully saturated rings. The summed E-state index contributed by atoms with van der Waals surface area (Å²) in [5, 5.41) is 15.4. The van der Waals surface area contributed by atoms with E-state index < -0.39 is 23.3 Å². The molecule has 2 atom stereocenters. The van der Waals surface area contributed by atoms with Gasteiger partial charge in [0.2, 0.25) is 0 Å². The second kappa shape index (κ2) is 7.05. The number of hydrogen-bond acceptors (Lipinski definition) is 5. The van der Waals surface area contributed by atoms with Gasteiger partial charge in [-0.15, -0.1) is 0 Å². The third-order valence-electron chi connectivity index (χ3n) is 6.28. The van der Waals surface area contributed by atoms with Gasteiger partial charge in [-0.1, -0.05) is 25.1 Å². The Bertz CT molecular complexity index is 1140. The minimum atomic E-state index is -4.48. The third kappa shape index (κ3) is 2.94. The highest BCUT2D eigenvalue weighted by Crippen LogP contribution is 2.52. The van der Waals surface area contributed by atoms with Crippen molar-refractivity contribution in [3.05, 3.63) is 75.3 Å². The lowest BCUT2D eigenvalue weighted by Crippen LogP contribution is -2.54. The van der Waals surface area contributed by atoms with Crippen LogP contribution in [0.25, 0.3) is 0 Å². The van der Waals surface area contributed by atoms with Gasteiger partial charge in [0.15, 0.2) is 6.17 Å². The summed E-state index contributed by atoms with van der Waals surface area (Å²) in [5.74, 6) is -0.197. The van der Waals surface area contributed by atoms with E-state index in [1.54, 1.807) is 17.2 Å². The summed E-state index contributed by atoms with van der Waals surface area (Å²) in [4.78, 5) is 15.5. The van der Waals surface area contributed by atoms with Crippen molar-refractivity contribution < 1.29 is 18.0 Å². The van der Waals surface area contributed by atoms with Gasteiger partial charge in [0.25, 0.3) is 5.91 Å². The summed E-state index contributed by atoms with van der Waals surface area (Å²) in [6, 6.07) is 7.16. The van der Waals surface area contributed by atoms with Crippen LogP contribution in [0.15, 0.2) is 74.4 Å². The molecule has 1 aromatic heterocycles. The number of fused-ring (bicyclic) bond motifs is 1. The fourth-order valence-corrected chi connectivity index (χ4v) is 5.51. The van der Waals surface area contributed by atoms with Crippen LogP contribution in [0.1, 0.15) is 30.9 Å². The first-order valence-corrected chi connectivity index (χ1v) is 10.9. The highest BCUT2D eigenvalue weighted by molar-refractivity contribution is 7.08. The first kappa shape index (κ1) is 20.0. The molecule has 0 saturated carbocycles. The zero-order chi connectivity index (χ0) is 21.8. The molecule has 9 heteroatoms. The third-order valence-corrected chi connectivity index (χ3v) is 6.95. The van der Waals surface area contributed by atoms with E-state index in [1.165, 1.54) is 17.4 Å². The van der Waals surface area contributed by atoms with Crippen molar-refractivity contribution in [2.45, 2.75) is 37.5 Å². The van der Waals surface area contributed by atoms with E-state index in [0.29, 0.717) is 36.1 Å². The summed E-state index contributed by atoms with van der Waals surface area (Å²) in [5.41, 5.74) is 1.38. The van der Waals surface area contributed by atoms with Gasteiger partial charge in [-0.3, -0.25) is 4.79 Å². The fraction of sp³-hybridized carbons (Fsp3) is 0.318. The van der Waals surface area contributed by atoms with E-state index in [1.807, 2.05) is 23.8 Å². The maximum atomic E-state index is 13.8. The average molecular weight is 444 g/mol. The molecular formula is C22H19F3N4OS. The van der Waals surface area contributed by atoms with E-state index in [2.05, 4.69) is 15.5 Å². The number of carbonyl (C=O) groups is 1. The molecule has 1 unspecified atom stereocenters. The van der Waals surface area contributed by atoms with Crippen molar-refractivity contribution in [1.82, 2.24) is 5.32 Å². The molecule has 2 aromatic rings. The normalized spacial score (nSPS) is 25.3. The van der Waals surface area contributed by atoms with E-state index >= 15 is 0 Å². The summed E-state index contributed by atoms with van der Waals surface area (Å²) in [6.45, 7) is 2.38. The predicted molar refractivity (Wildman–Crippen MR) is 112 cm³/mol. The van der Waals surface area contributed by atoms with Crippen molar-refractivity contribution >= 4 is 22.9 Å². The molecule has 160 valence electrons. The van der Waals surface area contributed by atoms with Crippen LogP contribution in [0.5, 0.6) is 0 Å². The number of anilines is 1. The highest BCUT2D eigenvalue weighted by atomic mass is 32.1. The Labute approximate surface area is 181 Å². The second-order valence-corrected chi connectivity index (χ2v) is 8.52. The Hall–Kier alpha value is -2.94. The summed E-state index contributed by atoms with van der Waals surface area (Å²) in [7, 11) is 0. The Morgan fingerprint density at radius 2 is 2.16 bits per heavy atom. The van der Waals surface area contributed by atoms with Crippen LogP contribution in [0.3, 0.4) is 0 Å². The largest absolute Gasteiger partial charge is 0.416 e. The molecule has 5 rings (SSSR count). The van der Waals surface area contributed by atoms with Crippen molar-refractivity contribution in [3.8, 4) is 0 Å². The number of alkyl halides is 3. The van der Waals surface area contributed by atoms with Crippen LogP contribution in [-0.2, 0) is 16.4 Å². The molecule has 1 amide bonds. The number of nitrogens with zero attached hydrogens (tertiary/aromatic N) is 3. The van der Waals surface area contributed by atoms with E-state index in [9.17, 15) is 18.0 Å². The molecule has 0 spiro atoms. The number of amides is 1.